The van der Waals surface area contributed by atoms with Gasteiger partial charge in [0.15, 0.2) is 0 Å². The van der Waals surface area contributed by atoms with Gasteiger partial charge in [-0.1, -0.05) is 51.9 Å². The van der Waals surface area contributed by atoms with Crippen LogP contribution in [0.3, 0.4) is 0 Å². The van der Waals surface area contributed by atoms with Gasteiger partial charge in [0.1, 0.15) is 0 Å². The summed E-state index contributed by atoms with van der Waals surface area (Å²) >= 11 is 0. The molecule has 0 unspecified atom stereocenters. The lowest BCUT2D eigenvalue weighted by molar-refractivity contribution is -0.0769. The molecule has 0 saturated carbocycles. The van der Waals surface area contributed by atoms with Gasteiger partial charge < -0.3 is 14.7 Å². The summed E-state index contributed by atoms with van der Waals surface area (Å²) in [6.07, 6.45) is 12.5. The molecule has 0 radical (unpaired) electrons. The van der Waals surface area contributed by atoms with Crippen molar-refractivity contribution in [2.24, 2.45) is 0 Å². The summed E-state index contributed by atoms with van der Waals surface area (Å²) < 4.78 is 5.32. The van der Waals surface area contributed by atoms with E-state index in [-0.39, 0.29) is 0 Å². The first kappa shape index (κ1) is 17.9. The Bertz CT molecular complexity index is 227. The van der Waals surface area contributed by atoms with E-state index in [0.717, 1.165) is 25.9 Å². The zero-order chi connectivity index (χ0) is 14.7. The predicted molar refractivity (Wildman–Crippen MR) is 85.1 cm³/mol. The Kier molecular flexibility index (Phi) is 9.49. The van der Waals surface area contributed by atoms with Crippen LogP contribution in [0.2, 0.25) is 0 Å². The van der Waals surface area contributed by atoms with Gasteiger partial charge in [-0.05, 0) is 20.0 Å². The molecule has 20 heavy (non-hydrogen) atoms. The second-order valence-corrected chi connectivity index (χ2v) is 6.55. The molecule has 1 heterocycles. The second kappa shape index (κ2) is 10.6. The van der Waals surface area contributed by atoms with Crippen LogP contribution in [0.5, 0.6) is 0 Å². The van der Waals surface area contributed by atoms with Gasteiger partial charge >= 0.3 is 0 Å². The van der Waals surface area contributed by atoms with Gasteiger partial charge in [0, 0.05) is 32.6 Å². The molecule has 0 amide bonds. The molecule has 0 aromatic heterocycles. The molecule has 0 bridgehead atoms. The largest absolute Gasteiger partial charge is 0.388 e. The third kappa shape index (κ3) is 8.23. The molecule has 1 aliphatic heterocycles. The van der Waals surface area contributed by atoms with Crippen LogP contribution in [0.15, 0.2) is 0 Å². The first-order valence-electron chi connectivity index (χ1n) is 8.65. The summed E-state index contributed by atoms with van der Waals surface area (Å²) in [5.41, 5.74) is -0.507. The molecule has 0 spiro atoms. The number of nitrogens with zero attached hydrogens (tertiary/aromatic N) is 1. The van der Waals surface area contributed by atoms with Crippen LogP contribution in [0.1, 0.15) is 71.1 Å². The third-order valence-electron chi connectivity index (χ3n) is 4.38. The highest BCUT2D eigenvalue weighted by molar-refractivity contribution is 4.83. The van der Waals surface area contributed by atoms with Crippen LogP contribution in [0, 0.1) is 0 Å². The zero-order valence-corrected chi connectivity index (χ0v) is 13.7. The molecule has 120 valence electrons. The van der Waals surface area contributed by atoms with Crippen molar-refractivity contribution in [2.75, 3.05) is 33.4 Å². The molecule has 1 fully saturated rings. The number of ether oxygens (including phenoxy) is 1. The minimum Gasteiger partial charge on any atom is -0.388 e. The van der Waals surface area contributed by atoms with E-state index in [0.29, 0.717) is 13.2 Å². The lowest BCUT2D eigenvalue weighted by Gasteiger charge is -2.35. The van der Waals surface area contributed by atoms with E-state index in [9.17, 15) is 5.11 Å². The van der Waals surface area contributed by atoms with E-state index in [1.54, 1.807) is 0 Å². The van der Waals surface area contributed by atoms with E-state index in [4.69, 9.17) is 4.74 Å². The van der Waals surface area contributed by atoms with Crippen LogP contribution < -0.4 is 0 Å². The SMILES string of the molecule is CCCCCCCCCCN(C)CC1(O)CCOCC1. The summed E-state index contributed by atoms with van der Waals surface area (Å²) in [6.45, 7) is 5.59. The van der Waals surface area contributed by atoms with Crippen LogP contribution in [0.25, 0.3) is 0 Å². The Morgan fingerprint density at radius 1 is 0.950 bits per heavy atom. The summed E-state index contributed by atoms with van der Waals surface area (Å²) in [7, 11) is 2.13. The highest BCUT2D eigenvalue weighted by atomic mass is 16.5. The third-order valence-corrected chi connectivity index (χ3v) is 4.38. The van der Waals surface area contributed by atoms with Crippen LogP contribution in [-0.2, 0) is 4.74 Å². The van der Waals surface area contributed by atoms with E-state index >= 15 is 0 Å². The fourth-order valence-corrected chi connectivity index (χ4v) is 3.01. The minimum absolute atomic E-state index is 0.507. The number of aliphatic hydroxyl groups is 1. The molecule has 0 aliphatic carbocycles. The highest BCUT2D eigenvalue weighted by Gasteiger charge is 2.30. The lowest BCUT2D eigenvalue weighted by Crippen LogP contribution is -2.45. The number of rotatable bonds is 11. The molecular formula is C17H35NO2. The quantitative estimate of drug-likeness (QED) is 0.589. The molecular weight excluding hydrogens is 250 g/mol. The molecule has 1 rings (SSSR count). The predicted octanol–water partition coefficient (Wildman–Crippen LogP) is 3.60. The Morgan fingerprint density at radius 3 is 2.10 bits per heavy atom. The fraction of sp³-hybridized carbons (Fsp3) is 1.00. The van der Waals surface area contributed by atoms with Crippen molar-refractivity contribution in [3.63, 3.8) is 0 Å². The topological polar surface area (TPSA) is 32.7 Å². The Balaban J connectivity index is 1.95. The summed E-state index contributed by atoms with van der Waals surface area (Å²) in [4.78, 5) is 2.29. The Hall–Kier alpha value is -0.120. The van der Waals surface area contributed by atoms with Crippen molar-refractivity contribution in [3.8, 4) is 0 Å². The summed E-state index contributed by atoms with van der Waals surface area (Å²) in [5, 5.41) is 10.4. The Labute approximate surface area is 125 Å². The maximum Gasteiger partial charge on any atom is 0.0817 e. The van der Waals surface area contributed by atoms with Crippen molar-refractivity contribution < 1.29 is 9.84 Å². The van der Waals surface area contributed by atoms with Gasteiger partial charge in [-0.15, -0.1) is 0 Å². The average molecular weight is 285 g/mol. The van der Waals surface area contributed by atoms with Gasteiger partial charge in [0.25, 0.3) is 0 Å². The van der Waals surface area contributed by atoms with Crippen molar-refractivity contribution in [2.45, 2.75) is 76.7 Å². The smallest absolute Gasteiger partial charge is 0.0817 e. The van der Waals surface area contributed by atoms with Crippen molar-refractivity contribution in [1.29, 1.82) is 0 Å². The lowest BCUT2D eigenvalue weighted by atomic mass is 9.94. The van der Waals surface area contributed by atoms with Gasteiger partial charge in [-0.25, -0.2) is 0 Å². The highest BCUT2D eigenvalue weighted by Crippen LogP contribution is 2.21. The van der Waals surface area contributed by atoms with E-state index in [1.165, 1.54) is 51.4 Å². The van der Waals surface area contributed by atoms with E-state index in [2.05, 4.69) is 18.9 Å². The molecule has 1 N–H and O–H groups in total. The number of likely N-dealkylation sites (N-methyl/N-ethyl adjacent to an activating group) is 1. The van der Waals surface area contributed by atoms with Gasteiger partial charge in [-0.2, -0.15) is 0 Å². The van der Waals surface area contributed by atoms with Crippen molar-refractivity contribution in [1.82, 2.24) is 4.90 Å². The second-order valence-electron chi connectivity index (χ2n) is 6.55. The molecule has 1 aliphatic rings. The van der Waals surface area contributed by atoms with Gasteiger partial charge in [-0.3, -0.25) is 0 Å². The molecule has 0 atom stereocenters. The van der Waals surface area contributed by atoms with E-state index < -0.39 is 5.60 Å². The monoisotopic (exact) mass is 285 g/mol. The molecule has 0 aromatic carbocycles. The first-order chi connectivity index (χ1) is 9.66. The molecule has 0 aromatic rings. The number of hydrogen-bond donors (Lipinski definition) is 1. The van der Waals surface area contributed by atoms with Crippen LogP contribution in [0.4, 0.5) is 0 Å². The maximum atomic E-state index is 10.4. The maximum absolute atomic E-state index is 10.4. The van der Waals surface area contributed by atoms with Crippen molar-refractivity contribution in [3.05, 3.63) is 0 Å². The minimum atomic E-state index is -0.507. The van der Waals surface area contributed by atoms with Gasteiger partial charge in [0.05, 0.1) is 5.60 Å². The standard InChI is InChI=1S/C17H35NO2/c1-3-4-5-6-7-8-9-10-13-18(2)16-17(19)11-14-20-15-12-17/h19H,3-16H2,1-2H3. The van der Waals surface area contributed by atoms with Gasteiger partial charge in [0.2, 0.25) is 0 Å². The summed E-state index contributed by atoms with van der Waals surface area (Å²) in [5.74, 6) is 0. The van der Waals surface area contributed by atoms with Crippen LogP contribution >= 0.6 is 0 Å². The van der Waals surface area contributed by atoms with Crippen LogP contribution in [-0.4, -0.2) is 49.0 Å². The molecule has 1 saturated heterocycles. The average Bonchev–Trinajstić information content (AvgIpc) is 2.42. The zero-order valence-electron chi connectivity index (χ0n) is 13.7. The number of unbranched alkanes of at least 4 members (excludes halogenated alkanes) is 7. The van der Waals surface area contributed by atoms with E-state index in [1.807, 2.05) is 0 Å². The normalized spacial score (nSPS) is 18.6. The van der Waals surface area contributed by atoms with Crippen molar-refractivity contribution >= 4 is 0 Å². The molecule has 3 nitrogen and oxygen atoms in total. The Morgan fingerprint density at radius 2 is 1.50 bits per heavy atom. The summed E-state index contributed by atoms with van der Waals surface area (Å²) in [6, 6.07) is 0. The number of hydrogen-bond acceptors (Lipinski definition) is 3. The first-order valence-corrected chi connectivity index (χ1v) is 8.65. The fourth-order valence-electron chi connectivity index (χ4n) is 3.01. The molecule has 3 heteroatoms.